The van der Waals surface area contributed by atoms with Crippen LogP contribution < -0.4 is 0 Å². The largest absolute Gasteiger partial charge is 0.307 e. The molecule has 13 rings (SSSR count). The van der Waals surface area contributed by atoms with Crippen molar-refractivity contribution in [3.05, 3.63) is 175 Å². The molecule has 0 N–H and O–H groups in total. The standard InChI is InChI=1S/C57H43N5S/c1-56(2)28-29-57(3,4)46-33-48-43(32-45(46)56)42-26-25-41-39-18-10-12-20-47(39)62(52(41)51(42)61(48)38-16-6-5-7-17-38)55-59-53(36-23-22-34-14-8-9-15-35(34)30-36)58-54(60-55)37-24-27-50-44(31-37)40-19-11-13-21-49(40)63-50/h5-27,30-33H,28-29H2,1-4H3. The Labute approximate surface area is 368 Å². The van der Waals surface area contributed by atoms with Crippen molar-refractivity contribution < 1.29 is 0 Å². The normalized spacial score (nSPS) is 14.8. The molecule has 4 aromatic heterocycles. The van der Waals surface area contributed by atoms with Gasteiger partial charge >= 0.3 is 0 Å². The van der Waals surface area contributed by atoms with E-state index in [2.05, 4.69) is 201 Å². The molecule has 63 heavy (non-hydrogen) atoms. The van der Waals surface area contributed by atoms with E-state index in [1.165, 1.54) is 53.0 Å². The first-order chi connectivity index (χ1) is 30.7. The number of aromatic nitrogens is 5. The van der Waals surface area contributed by atoms with Crippen LogP contribution in [0.4, 0.5) is 0 Å². The van der Waals surface area contributed by atoms with Crippen LogP contribution in [0.15, 0.2) is 164 Å². The number of thiophene rings is 1. The first-order valence-electron chi connectivity index (χ1n) is 22.0. The fraction of sp³-hybridized carbons (Fsp3) is 0.140. The SMILES string of the molecule is CC1(C)CCC(C)(C)c2cc3c(cc21)c1ccc2c4ccccc4n(-c4nc(-c5ccc6ccccc6c5)nc(-c5ccc6sc7ccccc7c6c5)n4)c2c1n3-c1ccccc1. The zero-order valence-electron chi connectivity index (χ0n) is 35.6. The van der Waals surface area contributed by atoms with Gasteiger partial charge in [0.15, 0.2) is 11.6 Å². The highest BCUT2D eigenvalue weighted by Gasteiger charge is 2.38. The van der Waals surface area contributed by atoms with Crippen LogP contribution >= 0.6 is 11.3 Å². The van der Waals surface area contributed by atoms with Crippen LogP contribution in [-0.4, -0.2) is 24.1 Å². The van der Waals surface area contributed by atoms with Crippen LogP contribution in [0.3, 0.4) is 0 Å². The lowest BCUT2D eigenvalue weighted by molar-refractivity contribution is 0.332. The molecular weight excluding hydrogens is 787 g/mol. The van der Waals surface area contributed by atoms with Crippen molar-refractivity contribution in [3.8, 4) is 34.4 Å². The molecule has 0 fully saturated rings. The van der Waals surface area contributed by atoms with Crippen LogP contribution in [0.25, 0.3) is 109 Å². The topological polar surface area (TPSA) is 48.5 Å². The van der Waals surface area contributed by atoms with Crippen LogP contribution in [0.5, 0.6) is 0 Å². The van der Waals surface area contributed by atoms with Crippen molar-refractivity contribution in [1.29, 1.82) is 0 Å². The molecule has 0 bridgehead atoms. The van der Waals surface area contributed by atoms with Crippen molar-refractivity contribution in [2.45, 2.75) is 51.4 Å². The van der Waals surface area contributed by atoms with E-state index in [1.54, 1.807) is 0 Å². The molecule has 0 saturated carbocycles. The molecule has 0 saturated heterocycles. The number of nitrogens with zero attached hydrogens (tertiary/aromatic N) is 5. The number of fused-ring (bicyclic) bond motifs is 12. The van der Waals surface area contributed by atoms with Crippen molar-refractivity contribution in [3.63, 3.8) is 0 Å². The van der Waals surface area contributed by atoms with Crippen LogP contribution in [0, 0.1) is 0 Å². The predicted octanol–water partition coefficient (Wildman–Crippen LogP) is 15.3. The molecule has 5 nitrogen and oxygen atoms in total. The summed E-state index contributed by atoms with van der Waals surface area (Å²) in [4.78, 5) is 16.3. The molecule has 1 aliphatic rings. The zero-order valence-corrected chi connectivity index (χ0v) is 36.5. The van der Waals surface area contributed by atoms with E-state index in [-0.39, 0.29) is 10.8 Å². The van der Waals surface area contributed by atoms with Gasteiger partial charge in [-0.15, -0.1) is 11.3 Å². The Hall–Kier alpha value is -7.15. The Morgan fingerprint density at radius 3 is 1.83 bits per heavy atom. The minimum atomic E-state index is 0.0556. The van der Waals surface area contributed by atoms with E-state index >= 15 is 0 Å². The summed E-state index contributed by atoms with van der Waals surface area (Å²) in [6, 6.07) is 59.6. The summed E-state index contributed by atoms with van der Waals surface area (Å²) in [5.41, 5.74) is 10.5. The first-order valence-corrected chi connectivity index (χ1v) is 22.8. The average Bonchev–Trinajstić information content (AvgIpc) is 3.97. The summed E-state index contributed by atoms with van der Waals surface area (Å²) in [6.45, 7) is 9.68. The van der Waals surface area contributed by atoms with Gasteiger partial charge in [0, 0.05) is 58.5 Å². The minimum absolute atomic E-state index is 0.0556. The Morgan fingerprint density at radius 1 is 0.429 bits per heavy atom. The molecule has 0 aliphatic heterocycles. The van der Waals surface area contributed by atoms with Gasteiger partial charge in [0.25, 0.3) is 0 Å². The van der Waals surface area contributed by atoms with Crippen LogP contribution in [0.2, 0.25) is 0 Å². The molecule has 6 heteroatoms. The van der Waals surface area contributed by atoms with Gasteiger partial charge in [0.1, 0.15) is 0 Å². The average molecular weight is 830 g/mol. The maximum absolute atomic E-state index is 5.50. The summed E-state index contributed by atoms with van der Waals surface area (Å²) in [5, 5.41) is 9.57. The fourth-order valence-corrected chi connectivity index (χ4v) is 11.7. The van der Waals surface area contributed by atoms with E-state index in [0.29, 0.717) is 17.6 Å². The van der Waals surface area contributed by atoms with Gasteiger partial charge in [0.05, 0.1) is 22.1 Å². The molecule has 4 heterocycles. The van der Waals surface area contributed by atoms with Crippen molar-refractivity contribution in [2.24, 2.45) is 0 Å². The minimum Gasteiger partial charge on any atom is -0.307 e. The van der Waals surface area contributed by atoms with E-state index in [0.717, 1.165) is 62.4 Å². The number of hydrogen-bond acceptors (Lipinski definition) is 4. The summed E-state index contributed by atoms with van der Waals surface area (Å²) >= 11 is 1.82. The molecule has 302 valence electrons. The molecule has 0 atom stereocenters. The van der Waals surface area contributed by atoms with Crippen molar-refractivity contribution in [2.75, 3.05) is 0 Å². The Kier molecular flexibility index (Phi) is 7.64. The van der Waals surface area contributed by atoms with Gasteiger partial charge < -0.3 is 4.57 Å². The molecule has 0 radical (unpaired) electrons. The van der Waals surface area contributed by atoms with E-state index < -0.39 is 0 Å². The van der Waals surface area contributed by atoms with Crippen molar-refractivity contribution in [1.82, 2.24) is 24.1 Å². The number of benzene rings is 8. The lowest BCUT2D eigenvalue weighted by atomic mass is 9.63. The molecular formula is C57H43N5S. The smallest absolute Gasteiger partial charge is 0.238 e. The maximum atomic E-state index is 5.50. The number of hydrogen-bond donors (Lipinski definition) is 0. The van der Waals surface area contributed by atoms with Gasteiger partial charge in [-0.05, 0) is 106 Å². The maximum Gasteiger partial charge on any atom is 0.238 e. The first kappa shape index (κ1) is 36.5. The molecule has 1 aliphatic carbocycles. The Bertz CT molecular complexity index is 3870. The molecule has 0 spiro atoms. The molecule has 12 aromatic rings. The number of para-hydroxylation sites is 2. The monoisotopic (exact) mass is 829 g/mol. The Morgan fingerprint density at radius 2 is 1.03 bits per heavy atom. The van der Waals surface area contributed by atoms with E-state index in [1.807, 2.05) is 11.3 Å². The molecule has 0 amide bonds. The lowest BCUT2D eigenvalue weighted by Gasteiger charge is -2.42. The van der Waals surface area contributed by atoms with E-state index in [9.17, 15) is 0 Å². The predicted molar refractivity (Wildman–Crippen MR) is 265 cm³/mol. The highest BCUT2D eigenvalue weighted by Crippen LogP contribution is 2.50. The highest BCUT2D eigenvalue weighted by atomic mass is 32.1. The summed E-state index contributed by atoms with van der Waals surface area (Å²) in [7, 11) is 0. The zero-order chi connectivity index (χ0) is 42.2. The molecule has 0 unspecified atom stereocenters. The second-order valence-electron chi connectivity index (χ2n) is 18.7. The summed E-state index contributed by atoms with van der Waals surface area (Å²) < 4.78 is 7.33. The van der Waals surface area contributed by atoms with Gasteiger partial charge in [-0.2, -0.15) is 9.97 Å². The van der Waals surface area contributed by atoms with Crippen molar-refractivity contribution >= 4 is 85.9 Å². The highest BCUT2D eigenvalue weighted by molar-refractivity contribution is 7.25. The quantitative estimate of drug-likeness (QED) is 0.178. The van der Waals surface area contributed by atoms with Crippen LogP contribution in [-0.2, 0) is 10.8 Å². The van der Waals surface area contributed by atoms with Gasteiger partial charge in [0.2, 0.25) is 5.95 Å². The van der Waals surface area contributed by atoms with Gasteiger partial charge in [-0.25, -0.2) is 4.98 Å². The second-order valence-corrected chi connectivity index (χ2v) is 19.8. The van der Waals surface area contributed by atoms with E-state index in [4.69, 9.17) is 15.0 Å². The summed E-state index contributed by atoms with van der Waals surface area (Å²) in [6.07, 6.45) is 2.31. The Balaban J connectivity index is 1.17. The fourth-order valence-electron chi connectivity index (χ4n) is 10.6. The van der Waals surface area contributed by atoms with Gasteiger partial charge in [-0.1, -0.05) is 131 Å². The third-order valence-corrected chi connectivity index (χ3v) is 15.2. The summed E-state index contributed by atoms with van der Waals surface area (Å²) in [5.74, 6) is 1.86. The van der Waals surface area contributed by atoms with Gasteiger partial charge in [-0.3, -0.25) is 4.57 Å². The molecule has 8 aromatic carbocycles. The third kappa shape index (κ3) is 5.44. The van der Waals surface area contributed by atoms with Crippen LogP contribution in [0.1, 0.15) is 51.7 Å². The number of rotatable bonds is 4. The lowest BCUT2D eigenvalue weighted by Crippen LogP contribution is -2.33. The second kappa shape index (κ2) is 13.2. The third-order valence-electron chi connectivity index (χ3n) is 14.0.